The van der Waals surface area contributed by atoms with Crippen molar-refractivity contribution in [2.75, 3.05) is 6.54 Å². The monoisotopic (exact) mass is 389 g/mol. The Bertz CT molecular complexity index is 593. The number of benzene rings is 1. The minimum absolute atomic E-state index is 0.0325. The average molecular weight is 391 g/mol. The molecule has 2 rings (SSSR count). The molecule has 1 N–H and O–H groups in total. The van der Waals surface area contributed by atoms with Crippen molar-refractivity contribution >= 4 is 39.1 Å². The highest BCUT2D eigenvalue weighted by Gasteiger charge is 2.22. The zero-order chi connectivity index (χ0) is 15.4. The molecule has 0 aliphatic rings. The van der Waals surface area contributed by atoms with Crippen molar-refractivity contribution in [1.29, 1.82) is 0 Å². The van der Waals surface area contributed by atoms with Gasteiger partial charge in [-0.2, -0.15) is 5.10 Å². The number of aryl methyl sites for hydroxylation is 1. The molecule has 0 amide bonds. The summed E-state index contributed by atoms with van der Waals surface area (Å²) in [4.78, 5) is 0. The van der Waals surface area contributed by atoms with Crippen LogP contribution in [-0.4, -0.2) is 16.3 Å². The lowest BCUT2D eigenvalue weighted by molar-refractivity contribution is 0.530. The molecule has 0 saturated heterocycles. The molecule has 21 heavy (non-hydrogen) atoms. The molecule has 1 aromatic heterocycles. The van der Waals surface area contributed by atoms with E-state index in [2.05, 4.69) is 46.3 Å². The van der Waals surface area contributed by atoms with Crippen molar-refractivity contribution < 1.29 is 0 Å². The highest BCUT2D eigenvalue weighted by atomic mass is 79.9. The molecule has 114 valence electrons. The lowest BCUT2D eigenvalue weighted by Gasteiger charge is -2.21. The van der Waals surface area contributed by atoms with Crippen LogP contribution in [-0.2, 0) is 6.54 Å². The van der Waals surface area contributed by atoms with Crippen LogP contribution in [0.5, 0.6) is 0 Å². The van der Waals surface area contributed by atoms with Crippen LogP contribution < -0.4 is 5.32 Å². The average Bonchev–Trinajstić information content (AvgIpc) is 2.80. The Morgan fingerprint density at radius 1 is 1.29 bits per heavy atom. The molecule has 1 heterocycles. The molecule has 0 bridgehead atoms. The van der Waals surface area contributed by atoms with E-state index in [0.717, 1.165) is 35.2 Å². The standard InChI is InChI=1S/C15H18BrCl2N3/c1-3-5-19-14(10-6-11(16)8-12(17)7-10)15-13(18)9-20-21(15)4-2/h6-9,14,19H,3-5H2,1-2H3. The zero-order valence-corrected chi connectivity index (χ0v) is 15.1. The molecular weight excluding hydrogens is 373 g/mol. The molecule has 1 aromatic carbocycles. The minimum Gasteiger partial charge on any atom is -0.305 e. The maximum atomic E-state index is 6.36. The van der Waals surface area contributed by atoms with E-state index in [4.69, 9.17) is 23.2 Å². The van der Waals surface area contributed by atoms with Crippen molar-refractivity contribution in [1.82, 2.24) is 15.1 Å². The number of rotatable bonds is 6. The Hall–Kier alpha value is -0.550. The fraction of sp³-hybridized carbons (Fsp3) is 0.400. The highest BCUT2D eigenvalue weighted by molar-refractivity contribution is 9.10. The quantitative estimate of drug-likeness (QED) is 0.746. The van der Waals surface area contributed by atoms with Crippen LogP contribution in [0.1, 0.15) is 37.6 Å². The van der Waals surface area contributed by atoms with Gasteiger partial charge in [0.15, 0.2) is 0 Å². The maximum Gasteiger partial charge on any atom is 0.0837 e. The molecule has 0 spiro atoms. The SMILES string of the molecule is CCCNC(c1cc(Cl)cc(Br)c1)c1c(Cl)cnn1CC. The number of hydrogen-bond acceptors (Lipinski definition) is 2. The van der Waals surface area contributed by atoms with E-state index in [1.807, 2.05) is 16.8 Å². The topological polar surface area (TPSA) is 29.9 Å². The third-order valence-corrected chi connectivity index (χ3v) is 4.19. The lowest BCUT2D eigenvalue weighted by atomic mass is 10.0. The maximum absolute atomic E-state index is 6.36. The summed E-state index contributed by atoms with van der Waals surface area (Å²) in [6.07, 6.45) is 2.73. The first-order valence-electron chi connectivity index (χ1n) is 6.97. The molecule has 0 aliphatic heterocycles. The van der Waals surface area contributed by atoms with Crippen molar-refractivity contribution in [3.05, 3.63) is 50.2 Å². The predicted molar refractivity (Wildman–Crippen MR) is 92.2 cm³/mol. The summed E-state index contributed by atoms with van der Waals surface area (Å²) in [5.74, 6) is 0. The second-order valence-corrected chi connectivity index (χ2v) is 6.54. The van der Waals surface area contributed by atoms with Gasteiger partial charge in [-0.15, -0.1) is 0 Å². The van der Waals surface area contributed by atoms with Gasteiger partial charge in [0.2, 0.25) is 0 Å². The minimum atomic E-state index is -0.0325. The summed E-state index contributed by atoms with van der Waals surface area (Å²) in [5, 5.41) is 9.23. The van der Waals surface area contributed by atoms with Crippen LogP contribution in [0.4, 0.5) is 0 Å². The molecule has 1 unspecified atom stereocenters. The Labute approximate surface area is 143 Å². The Morgan fingerprint density at radius 2 is 2.05 bits per heavy atom. The first-order valence-corrected chi connectivity index (χ1v) is 8.52. The van der Waals surface area contributed by atoms with E-state index in [9.17, 15) is 0 Å². The number of nitrogens with zero attached hydrogens (tertiary/aromatic N) is 2. The third kappa shape index (κ3) is 4.01. The van der Waals surface area contributed by atoms with E-state index in [0.29, 0.717) is 10.0 Å². The molecular formula is C15H18BrCl2N3. The Morgan fingerprint density at radius 3 is 2.67 bits per heavy atom. The van der Waals surface area contributed by atoms with Crippen LogP contribution in [0.3, 0.4) is 0 Å². The number of aromatic nitrogens is 2. The van der Waals surface area contributed by atoms with Crippen molar-refractivity contribution in [2.45, 2.75) is 32.9 Å². The number of halogens is 3. The van der Waals surface area contributed by atoms with Gasteiger partial charge in [0.1, 0.15) is 0 Å². The second kappa shape index (κ2) is 7.63. The van der Waals surface area contributed by atoms with Gasteiger partial charge >= 0.3 is 0 Å². The van der Waals surface area contributed by atoms with Crippen LogP contribution >= 0.6 is 39.1 Å². The van der Waals surface area contributed by atoms with Crippen LogP contribution in [0, 0.1) is 0 Å². The largest absolute Gasteiger partial charge is 0.305 e. The molecule has 2 aromatic rings. The lowest BCUT2D eigenvalue weighted by Crippen LogP contribution is -2.26. The summed E-state index contributed by atoms with van der Waals surface area (Å²) in [5.41, 5.74) is 2.04. The normalized spacial score (nSPS) is 12.6. The van der Waals surface area contributed by atoms with Gasteiger partial charge in [0.05, 0.1) is 23.0 Å². The van der Waals surface area contributed by atoms with Crippen molar-refractivity contribution in [2.24, 2.45) is 0 Å². The van der Waals surface area contributed by atoms with Gasteiger partial charge in [-0.25, -0.2) is 0 Å². The van der Waals surface area contributed by atoms with E-state index < -0.39 is 0 Å². The summed E-state index contributed by atoms with van der Waals surface area (Å²) in [6.45, 7) is 5.85. The first-order chi connectivity index (χ1) is 10.1. The van der Waals surface area contributed by atoms with E-state index in [1.165, 1.54) is 0 Å². The molecule has 3 nitrogen and oxygen atoms in total. The molecule has 0 fully saturated rings. The van der Waals surface area contributed by atoms with Gasteiger partial charge in [-0.05, 0) is 43.7 Å². The summed E-state index contributed by atoms with van der Waals surface area (Å²) >= 11 is 16.0. The zero-order valence-electron chi connectivity index (χ0n) is 12.0. The van der Waals surface area contributed by atoms with Gasteiger partial charge in [0, 0.05) is 16.0 Å². The first kappa shape index (κ1) is 16.8. The molecule has 1 atom stereocenters. The fourth-order valence-corrected chi connectivity index (χ4v) is 3.45. The highest BCUT2D eigenvalue weighted by Crippen LogP contribution is 2.31. The molecule has 0 radical (unpaired) electrons. The summed E-state index contributed by atoms with van der Waals surface area (Å²) < 4.78 is 2.87. The van der Waals surface area contributed by atoms with Gasteiger partial charge < -0.3 is 5.32 Å². The van der Waals surface area contributed by atoms with Gasteiger partial charge in [-0.1, -0.05) is 46.1 Å². The molecule has 6 heteroatoms. The van der Waals surface area contributed by atoms with Crippen LogP contribution in [0.2, 0.25) is 10.0 Å². The molecule has 0 saturated carbocycles. The summed E-state index contributed by atoms with van der Waals surface area (Å²) in [6, 6.07) is 5.86. The van der Waals surface area contributed by atoms with E-state index in [-0.39, 0.29) is 6.04 Å². The van der Waals surface area contributed by atoms with Crippen LogP contribution in [0.25, 0.3) is 0 Å². The second-order valence-electron chi connectivity index (χ2n) is 4.78. The van der Waals surface area contributed by atoms with Gasteiger partial charge in [-0.3, -0.25) is 4.68 Å². The predicted octanol–water partition coefficient (Wildman–Crippen LogP) is 5.06. The molecule has 0 aliphatic carbocycles. The third-order valence-electron chi connectivity index (χ3n) is 3.22. The fourth-order valence-electron chi connectivity index (χ4n) is 2.31. The van der Waals surface area contributed by atoms with Crippen molar-refractivity contribution in [3.8, 4) is 0 Å². The van der Waals surface area contributed by atoms with Gasteiger partial charge in [0.25, 0.3) is 0 Å². The Balaban J connectivity index is 2.49. The number of nitrogens with one attached hydrogen (secondary N) is 1. The van der Waals surface area contributed by atoms with E-state index in [1.54, 1.807) is 6.20 Å². The van der Waals surface area contributed by atoms with E-state index >= 15 is 0 Å². The number of hydrogen-bond donors (Lipinski definition) is 1. The van der Waals surface area contributed by atoms with Crippen molar-refractivity contribution in [3.63, 3.8) is 0 Å². The summed E-state index contributed by atoms with van der Waals surface area (Å²) in [7, 11) is 0. The van der Waals surface area contributed by atoms with Crippen LogP contribution in [0.15, 0.2) is 28.9 Å². The Kier molecular flexibility index (Phi) is 6.11. The smallest absolute Gasteiger partial charge is 0.0837 e.